The van der Waals surface area contributed by atoms with E-state index in [0.29, 0.717) is 35.9 Å². The van der Waals surface area contributed by atoms with Gasteiger partial charge in [-0.05, 0) is 42.6 Å². The molecule has 0 bridgehead atoms. The third-order valence-electron chi connectivity index (χ3n) is 5.13. The zero-order chi connectivity index (χ0) is 20.9. The van der Waals surface area contributed by atoms with Crippen molar-refractivity contribution in [2.45, 2.75) is 12.8 Å². The van der Waals surface area contributed by atoms with E-state index < -0.39 is 5.91 Å². The van der Waals surface area contributed by atoms with Crippen molar-refractivity contribution in [3.05, 3.63) is 58.8 Å². The molecular weight excluding hydrogens is 402 g/mol. The van der Waals surface area contributed by atoms with Crippen molar-refractivity contribution in [1.29, 1.82) is 0 Å². The van der Waals surface area contributed by atoms with E-state index in [1.807, 2.05) is 22.4 Å². The minimum atomic E-state index is -0.529. The topological polar surface area (TPSA) is 106 Å². The average Bonchev–Trinajstić information content (AvgIpc) is 3.46. The van der Waals surface area contributed by atoms with E-state index in [0.717, 1.165) is 37.4 Å². The molecule has 1 aromatic carbocycles. The summed E-state index contributed by atoms with van der Waals surface area (Å²) in [6.07, 6.45) is 1.65. The van der Waals surface area contributed by atoms with Crippen molar-refractivity contribution in [3.63, 3.8) is 0 Å². The summed E-state index contributed by atoms with van der Waals surface area (Å²) in [6, 6.07) is 10.5. The smallest absolute Gasteiger partial charge is 0.253 e. The van der Waals surface area contributed by atoms with Gasteiger partial charge in [0.1, 0.15) is 0 Å². The van der Waals surface area contributed by atoms with E-state index in [4.69, 9.17) is 10.3 Å². The van der Waals surface area contributed by atoms with Crippen LogP contribution in [0.5, 0.6) is 0 Å². The molecule has 2 N–H and O–H groups in total. The fourth-order valence-electron chi connectivity index (χ4n) is 3.48. The normalized spacial score (nSPS) is 14.7. The lowest BCUT2D eigenvalue weighted by Gasteiger charge is -2.34. The summed E-state index contributed by atoms with van der Waals surface area (Å²) in [5, 5.41) is 6.03. The van der Waals surface area contributed by atoms with Gasteiger partial charge < -0.3 is 15.2 Å². The maximum atomic E-state index is 12.7. The second-order valence-electron chi connectivity index (χ2n) is 7.17. The monoisotopic (exact) mass is 425 g/mol. The minimum Gasteiger partial charge on any atom is -0.366 e. The molecule has 156 valence electrons. The molecule has 0 saturated carbocycles. The van der Waals surface area contributed by atoms with Crippen LogP contribution >= 0.6 is 11.3 Å². The first-order valence-corrected chi connectivity index (χ1v) is 10.8. The van der Waals surface area contributed by atoms with Crippen LogP contribution in [0.15, 0.2) is 46.3 Å². The van der Waals surface area contributed by atoms with Gasteiger partial charge in [0.05, 0.1) is 4.88 Å². The lowest BCUT2D eigenvalue weighted by Crippen LogP contribution is -2.48. The molecule has 3 heterocycles. The van der Waals surface area contributed by atoms with Crippen LogP contribution in [0, 0.1) is 0 Å². The van der Waals surface area contributed by atoms with Gasteiger partial charge in [0, 0.05) is 43.7 Å². The van der Waals surface area contributed by atoms with E-state index >= 15 is 0 Å². The molecule has 1 saturated heterocycles. The van der Waals surface area contributed by atoms with Gasteiger partial charge in [0.2, 0.25) is 17.6 Å². The summed E-state index contributed by atoms with van der Waals surface area (Å²) in [7, 11) is 0. The second kappa shape index (κ2) is 9.19. The Morgan fingerprint density at radius 3 is 2.63 bits per heavy atom. The van der Waals surface area contributed by atoms with Gasteiger partial charge in [0.25, 0.3) is 5.91 Å². The SMILES string of the molecule is NC(=O)c1cccc(C(=O)N2CCN(CCCc3nc(-c4cccs4)no3)CC2)c1. The van der Waals surface area contributed by atoms with Crippen LogP contribution in [0.2, 0.25) is 0 Å². The number of carbonyl (C=O) groups is 2. The number of aryl methyl sites for hydroxylation is 1. The van der Waals surface area contributed by atoms with Crippen molar-refractivity contribution < 1.29 is 14.1 Å². The molecule has 0 unspecified atom stereocenters. The van der Waals surface area contributed by atoms with Gasteiger partial charge in [-0.15, -0.1) is 11.3 Å². The molecule has 0 radical (unpaired) electrons. The first-order chi connectivity index (χ1) is 14.6. The number of piperazine rings is 1. The fourth-order valence-corrected chi connectivity index (χ4v) is 4.13. The van der Waals surface area contributed by atoms with Crippen LogP contribution in [-0.2, 0) is 6.42 Å². The molecule has 0 spiro atoms. The maximum Gasteiger partial charge on any atom is 0.253 e. The van der Waals surface area contributed by atoms with Gasteiger partial charge >= 0.3 is 0 Å². The lowest BCUT2D eigenvalue weighted by molar-refractivity contribution is 0.0635. The predicted octanol–water partition coefficient (Wildman–Crippen LogP) is 2.29. The van der Waals surface area contributed by atoms with Crippen LogP contribution in [-0.4, -0.2) is 64.5 Å². The molecule has 1 aliphatic rings. The van der Waals surface area contributed by atoms with Crippen LogP contribution in [0.1, 0.15) is 33.0 Å². The first kappa shape index (κ1) is 20.2. The molecule has 9 heteroatoms. The van der Waals surface area contributed by atoms with Crippen molar-refractivity contribution in [3.8, 4) is 10.7 Å². The molecule has 0 aliphatic carbocycles. The average molecular weight is 426 g/mol. The number of nitrogens with two attached hydrogens (primary N) is 1. The van der Waals surface area contributed by atoms with Gasteiger partial charge in [-0.1, -0.05) is 17.3 Å². The van der Waals surface area contributed by atoms with Crippen molar-refractivity contribution in [2.24, 2.45) is 5.73 Å². The number of hydrogen-bond donors (Lipinski definition) is 1. The number of hydrogen-bond acceptors (Lipinski definition) is 7. The fraction of sp³-hybridized carbons (Fsp3) is 0.333. The molecule has 8 nitrogen and oxygen atoms in total. The van der Waals surface area contributed by atoms with Crippen molar-refractivity contribution in [1.82, 2.24) is 19.9 Å². The number of benzene rings is 1. The van der Waals surface area contributed by atoms with E-state index in [1.165, 1.54) is 0 Å². The summed E-state index contributed by atoms with van der Waals surface area (Å²) in [4.78, 5) is 33.7. The minimum absolute atomic E-state index is 0.0651. The number of rotatable bonds is 7. The summed E-state index contributed by atoms with van der Waals surface area (Å²) in [5.41, 5.74) is 6.16. The number of primary amides is 1. The van der Waals surface area contributed by atoms with Crippen LogP contribution in [0.3, 0.4) is 0 Å². The Morgan fingerprint density at radius 1 is 1.10 bits per heavy atom. The molecular formula is C21H23N5O3S. The Balaban J connectivity index is 1.23. The van der Waals surface area contributed by atoms with E-state index in [-0.39, 0.29) is 5.91 Å². The van der Waals surface area contributed by atoms with Gasteiger partial charge in [-0.25, -0.2) is 0 Å². The summed E-state index contributed by atoms with van der Waals surface area (Å²) >= 11 is 1.59. The van der Waals surface area contributed by atoms with Gasteiger partial charge in [0.15, 0.2) is 0 Å². The Morgan fingerprint density at radius 2 is 1.90 bits per heavy atom. The lowest BCUT2D eigenvalue weighted by atomic mass is 10.1. The van der Waals surface area contributed by atoms with E-state index in [1.54, 1.807) is 35.6 Å². The Kier molecular flexibility index (Phi) is 6.20. The first-order valence-electron chi connectivity index (χ1n) is 9.88. The standard InChI is InChI=1S/C21H23N5O3S/c22-19(27)15-4-1-5-16(14-15)21(28)26-11-9-25(10-12-26)8-2-7-18-23-20(24-29-18)17-6-3-13-30-17/h1,3-6,13-14H,2,7-12H2,(H2,22,27). The van der Waals surface area contributed by atoms with E-state index in [9.17, 15) is 9.59 Å². The molecule has 2 aromatic heterocycles. The summed E-state index contributed by atoms with van der Waals surface area (Å²) in [5.74, 6) is 0.706. The van der Waals surface area contributed by atoms with E-state index in [2.05, 4.69) is 15.0 Å². The molecule has 0 atom stereocenters. The number of thiophene rings is 1. The quantitative estimate of drug-likeness (QED) is 0.623. The highest BCUT2D eigenvalue weighted by atomic mass is 32.1. The predicted molar refractivity (Wildman–Crippen MR) is 113 cm³/mol. The maximum absolute atomic E-state index is 12.7. The molecule has 3 aromatic rings. The molecule has 1 aliphatic heterocycles. The Labute approximate surface area is 178 Å². The highest BCUT2D eigenvalue weighted by molar-refractivity contribution is 7.13. The molecule has 2 amide bonds. The van der Waals surface area contributed by atoms with Gasteiger partial charge in [-0.2, -0.15) is 4.98 Å². The third-order valence-corrected chi connectivity index (χ3v) is 5.99. The Hall–Kier alpha value is -3.04. The highest BCUT2D eigenvalue weighted by Gasteiger charge is 2.22. The van der Waals surface area contributed by atoms with Crippen molar-refractivity contribution in [2.75, 3.05) is 32.7 Å². The molecule has 1 fully saturated rings. The number of amides is 2. The second-order valence-corrected chi connectivity index (χ2v) is 8.12. The number of carbonyl (C=O) groups excluding carboxylic acids is 2. The molecule has 4 rings (SSSR count). The summed E-state index contributed by atoms with van der Waals surface area (Å²) in [6.45, 7) is 3.85. The van der Waals surface area contributed by atoms with Crippen molar-refractivity contribution >= 4 is 23.2 Å². The molecule has 30 heavy (non-hydrogen) atoms. The largest absolute Gasteiger partial charge is 0.366 e. The Bertz CT molecular complexity index is 1010. The van der Waals surface area contributed by atoms with Crippen LogP contribution in [0.25, 0.3) is 10.7 Å². The zero-order valence-electron chi connectivity index (χ0n) is 16.5. The zero-order valence-corrected chi connectivity index (χ0v) is 17.3. The van der Waals surface area contributed by atoms with Crippen LogP contribution in [0.4, 0.5) is 0 Å². The summed E-state index contributed by atoms with van der Waals surface area (Å²) < 4.78 is 5.34. The van der Waals surface area contributed by atoms with Crippen LogP contribution < -0.4 is 5.73 Å². The number of nitrogens with zero attached hydrogens (tertiary/aromatic N) is 4. The highest BCUT2D eigenvalue weighted by Crippen LogP contribution is 2.21. The third kappa shape index (κ3) is 4.74. The number of aromatic nitrogens is 2. The van der Waals surface area contributed by atoms with Gasteiger partial charge in [-0.3, -0.25) is 14.5 Å².